The fourth-order valence-corrected chi connectivity index (χ4v) is 1.64. The predicted molar refractivity (Wildman–Crippen MR) is 69.7 cm³/mol. The SMILES string of the molecule is Cc1cnc(NCCN)nc1-c1cccc(F)c1. The molecule has 0 saturated heterocycles. The Morgan fingerprint density at radius 1 is 1.39 bits per heavy atom. The summed E-state index contributed by atoms with van der Waals surface area (Å²) in [5, 5.41) is 3.01. The number of aryl methyl sites for hydroxylation is 1. The van der Waals surface area contributed by atoms with Gasteiger partial charge in [-0.3, -0.25) is 0 Å². The van der Waals surface area contributed by atoms with E-state index in [9.17, 15) is 4.39 Å². The molecule has 0 saturated carbocycles. The van der Waals surface area contributed by atoms with Crippen LogP contribution in [-0.4, -0.2) is 23.1 Å². The fraction of sp³-hybridized carbons (Fsp3) is 0.231. The lowest BCUT2D eigenvalue weighted by Crippen LogP contribution is -2.15. The fourth-order valence-electron chi connectivity index (χ4n) is 1.64. The molecule has 0 spiro atoms. The monoisotopic (exact) mass is 246 g/mol. The summed E-state index contributed by atoms with van der Waals surface area (Å²) in [5.41, 5.74) is 7.78. The summed E-state index contributed by atoms with van der Waals surface area (Å²) < 4.78 is 13.2. The van der Waals surface area contributed by atoms with Crippen molar-refractivity contribution < 1.29 is 4.39 Å². The van der Waals surface area contributed by atoms with E-state index in [0.29, 0.717) is 19.0 Å². The van der Waals surface area contributed by atoms with E-state index < -0.39 is 0 Å². The van der Waals surface area contributed by atoms with Crippen LogP contribution in [0, 0.1) is 12.7 Å². The van der Waals surface area contributed by atoms with E-state index in [4.69, 9.17) is 5.73 Å². The number of nitrogens with one attached hydrogen (secondary N) is 1. The standard InChI is InChI=1S/C13H15FN4/c1-9-8-17-13(16-6-5-15)18-12(9)10-3-2-4-11(14)7-10/h2-4,7-8H,5-6,15H2,1H3,(H,16,17,18). The molecule has 0 aliphatic rings. The van der Waals surface area contributed by atoms with E-state index in [1.807, 2.05) is 13.0 Å². The van der Waals surface area contributed by atoms with Crippen molar-refractivity contribution in [3.05, 3.63) is 41.8 Å². The third-order valence-electron chi connectivity index (χ3n) is 2.50. The van der Waals surface area contributed by atoms with Gasteiger partial charge in [0.25, 0.3) is 0 Å². The van der Waals surface area contributed by atoms with Crippen LogP contribution in [0.1, 0.15) is 5.56 Å². The number of aromatic nitrogens is 2. The van der Waals surface area contributed by atoms with Crippen molar-refractivity contribution in [3.63, 3.8) is 0 Å². The maximum absolute atomic E-state index is 13.2. The summed E-state index contributed by atoms with van der Waals surface area (Å²) in [7, 11) is 0. The molecule has 0 atom stereocenters. The quantitative estimate of drug-likeness (QED) is 0.865. The molecular formula is C13H15FN4. The van der Waals surface area contributed by atoms with E-state index in [1.165, 1.54) is 12.1 Å². The van der Waals surface area contributed by atoms with E-state index in [1.54, 1.807) is 12.3 Å². The van der Waals surface area contributed by atoms with Crippen molar-refractivity contribution >= 4 is 5.95 Å². The molecule has 5 heteroatoms. The van der Waals surface area contributed by atoms with Crippen LogP contribution < -0.4 is 11.1 Å². The molecule has 0 unspecified atom stereocenters. The second-order valence-electron chi connectivity index (χ2n) is 3.95. The Hall–Kier alpha value is -2.01. The average molecular weight is 246 g/mol. The third-order valence-corrected chi connectivity index (χ3v) is 2.50. The number of hydrogen-bond donors (Lipinski definition) is 2. The molecule has 1 heterocycles. The van der Waals surface area contributed by atoms with Gasteiger partial charge in [0.2, 0.25) is 5.95 Å². The maximum atomic E-state index is 13.2. The molecule has 0 radical (unpaired) electrons. The highest BCUT2D eigenvalue weighted by molar-refractivity contribution is 5.63. The molecular weight excluding hydrogens is 231 g/mol. The van der Waals surface area contributed by atoms with Crippen LogP contribution in [0.25, 0.3) is 11.3 Å². The minimum Gasteiger partial charge on any atom is -0.353 e. The lowest BCUT2D eigenvalue weighted by Gasteiger charge is -2.08. The molecule has 3 N–H and O–H groups in total. The number of nitrogens with zero attached hydrogens (tertiary/aromatic N) is 2. The molecule has 18 heavy (non-hydrogen) atoms. The summed E-state index contributed by atoms with van der Waals surface area (Å²) in [4.78, 5) is 8.53. The van der Waals surface area contributed by atoms with Gasteiger partial charge in [0.15, 0.2) is 0 Å². The number of hydrogen-bond acceptors (Lipinski definition) is 4. The van der Waals surface area contributed by atoms with Crippen LogP contribution in [0.2, 0.25) is 0 Å². The second-order valence-corrected chi connectivity index (χ2v) is 3.95. The first-order valence-electron chi connectivity index (χ1n) is 5.74. The summed E-state index contributed by atoms with van der Waals surface area (Å²) in [6.07, 6.45) is 1.71. The average Bonchev–Trinajstić information content (AvgIpc) is 2.38. The van der Waals surface area contributed by atoms with Gasteiger partial charge in [-0.15, -0.1) is 0 Å². The zero-order valence-electron chi connectivity index (χ0n) is 10.2. The van der Waals surface area contributed by atoms with Crippen molar-refractivity contribution in [2.45, 2.75) is 6.92 Å². The van der Waals surface area contributed by atoms with Gasteiger partial charge in [0, 0.05) is 24.8 Å². The lowest BCUT2D eigenvalue weighted by molar-refractivity contribution is 0.628. The zero-order valence-corrected chi connectivity index (χ0v) is 10.2. The first-order chi connectivity index (χ1) is 8.70. The van der Waals surface area contributed by atoms with Gasteiger partial charge in [-0.25, -0.2) is 14.4 Å². The van der Waals surface area contributed by atoms with Crippen molar-refractivity contribution in [2.75, 3.05) is 18.4 Å². The molecule has 4 nitrogen and oxygen atoms in total. The van der Waals surface area contributed by atoms with Crippen LogP contribution in [0.5, 0.6) is 0 Å². The minimum atomic E-state index is -0.276. The van der Waals surface area contributed by atoms with E-state index in [2.05, 4.69) is 15.3 Å². The topological polar surface area (TPSA) is 63.8 Å². The van der Waals surface area contributed by atoms with Gasteiger partial charge in [-0.1, -0.05) is 12.1 Å². The number of rotatable bonds is 4. The van der Waals surface area contributed by atoms with E-state index >= 15 is 0 Å². The molecule has 0 aliphatic carbocycles. The Bertz CT molecular complexity index is 542. The highest BCUT2D eigenvalue weighted by Crippen LogP contribution is 2.22. The first kappa shape index (κ1) is 12.4. The van der Waals surface area contributed by atoms with Gasteiger partial charge >= 0.3 is 0 Å². The molecule has 2 aromatic rings. The van der Waals surface area contributed by atoms with Crippen LogP contribution in [0.3, 0.4) is 0 Å². The Kier molecular flexibility index (Phi) is 3.84. The summed E-state index contributed by atoms with van der Waals surface area (Å²) in [5.74, 6) is 0.229. The number of halogens is 1. The normalized spacial score (nSPS) is 10.4. The molecule has 0 fully saturated rings. The van der Waals surface area contributed by atoms with Gasteiger partial charge in [-0.05, 0) is 24.6 Å². The van der Waals surface area contributed by atoms with Crippen molar-refractivity contribution in [1.29, 1.82) is 0 Å². The first-order valence-corrected chi connectivity index (χ1v) is 5.74. The van der Waals surface area contributed by atoms with Gasteiger partial charge in [0.05, 0.1) is 5.69 Å². The molecule has 0 bridgehead atoms. The molecule has 2 rings (SSSR count). The Balaban J connectivity index is 2.37. The molecule has 0 amide bonds. The third kappa shape index (κ3) is 2.81. The Morgan fingerprint density at radius 2 is 2.22 bits per heavy atom. The molecule has 1 aromatic carbocycles. The van der Waals surface area contributed by atoms with Gasteiger partial charge in [-0.2, -0.15) is 0 Å². The number of benzene rings is 1. The van der Waals surface area contributed by atoms with Gasteiger partial charge < -0.3 is 11.1 Å². The van der Waals surface area contributed by atoms with Crippen LogP contribution in [0.4, 0.5) is 10.3 Å². The van der Waals surface area contributed by atoms with Crippen molar-refractivity contribution in [1.82, 2.24) is 9.97 Å². The Morgan fingerprint density at radius 3 is 2.94 bits per heavy atom. The highest BCUT2D eigenvalue weighted by atomic mass is 19.1. The minimum absolute atomic E-state index is 0.276. The van der Waals surface area contributed by atoms with E-state index in [0.717, 1.165) is 16.8 Å². The molecule has 0 aliphatic heterocycles. The molecule has 94 valence electrons. The summed E-state index contributed by atoms with van der Waals surface area (Å²) in [6, 6.07) is 6.36. The van der Waals surface area contributed by atoms with Crippen LogP contribution in [-0.2, 0) is 0 Å². The zero-order chi connectivity index (χ0) is 13.0. The highest BCUT2D eigenvalue weighted by Gasteiger charge is 2.07. The maximum Gasteiger partial charge on any atom is 0.223 e. The number of anilines is 1. The second kappa shape index (κ2) is 5.55. The van der Waals surface area contributed by atoms with Crippen LogP contribution in [0.15, 0.2) is 30.5 Å². The van der Waals surface area contributed by atoms with Crippen LogP contribution >= 0.6 is 0 Å². The van der Waals surface area contributed by atoms with E-state index in [-0.39, 0.29) is 5.82 Å². The van der Waals surface area contributed by atoms with Gasteiger partial charge in [0.1, 0.15) is 5.82 Å². The predicted octanol–water partition coefficient (Wildman–Crippen LogP) is 1.96. The summed E-state index contributed by atoms with van der Waals surface area (Å²) >= 11 is 0. The molecule has 1 aromatic heterocycles. The van der Waals surface area contributed by atoms with Crippen molar-refractivity contribution in [2.24, 2.45) is 5.73 Å². The summed E-state index contributed by atoms with van der Waals surface area (Å²) in [6.45, 7) is 3.01. The van der Waals surface area contributed by atoms with Crippen molar-refractivity contribution in [3.8, 4) is 11.3 Å². The number of nitrogens with two attached hydrogens (primary N) is 1. The Labute approximate surface area is 105 Å². The smallest absolute Gasteiger partial charge is 0.223 e. The largest absolute Gasteiger partial charge is 0.353 e. The lowest BCUT2D eigenvalue weighted by atomic mass is 10.1.